The van der Waals surface area contributed by atoms with Gasteiger partial charge in [-0.2, -0.15) is 0 Å². The zero-order valence-electron chi connectivity index (χ0n) is 11.5. The molecule has 1 aromatic heterocycles. The fourth-order valence-corrected chi connectivity index (χ4v) is 2.36. The summed E-state index contributed by atoms with van der Waals surface area (Å²) in [6, 6.07) is 3.33. The summed E-state index contributed by atoms with van der Waals surface area (Å²) < 4.78 is 5.49. The fourth-order valence-electron chi connectivity index (χ4n) is 2.14. The summed E-state index contributed by atoms with van der Waals surface area (Å²) in [6.07, 6.45) is 0.866. The minimum Gasteiger partial charge on any atom is -0.457 e. The van der Waals surface area contributed by atoms with Gasteiger partial charge in [0.2, 0.25) is 0 Å². The van der Waals surface area contributed by atoms with Crippen LogP contribution in [-0.2, 0) is 4.74 Å². The van der Waals surface area contributed by atoms with Gasteiger partial charge in [0.15, 0.2) is 0 Å². The number of ether oxygens (including phenoxy) is 1. The van der Waals surface area contributed by atoms with Crippen molar-refractivity contribution >= 4 is 17.6 Å². The number of halogens is 1. The third kappa shape index (κ3) is 3.67. The number of pyridine rings is 1. The third-order valence-corrected chi connectivity index (χ3v) is 3.46. The Balaban J connectivity index is 2.10. The highest BCUT2D eigenvalue weighted by atomic mass is 35.5. The predicted molar refractivity (Wildman–Crippen MR) is 74.7 cm³/mol. The molecule has 0 bridgehead atoms. The second-order valence-electron chi connectivity index (χ2n) is 5.34. The van der Waals surface area contributed by atoms with Crippen molar-refractivity contribution in [1.82, 2.24) is 9.88 Å². The second kappa shape index (κ2) is 5.88. The van der Waals surface area contributed by atoms with E-state index in [4.69, 9.17) is 16.3 Å². The summed E-state index contributed by atoms with van der Waals surface area (Å²) in [5, 5.41) is 0.335. The normalized spacial score (nSPS) is 19.9. The van der Waals surface area contributed by atoms with Crippen LogP contribution >= 0.6 is 11.6 Å². The number of hydrogen-bond donors (Lipinski definition) is 0. The van der Waals surface area contributed by atoms with Crippen LogP contribution in [-0.4, -0.2) is 42.1 Å². The molecule has 2 rings (SSSR count). The summed E-state index contributed by atoms with van der Waals surface area (Å²) in [4.78, 5) is 18.5. The van der Waals surface area contributed by atoms with Crippen molar-refractivity contribution in [1.29, 1.82) is 0 Å². The average molecular weight is 283 g/mol. The Labute approximate surface area is 118 Å². The number of likely N-dealkylation sites (tertiary alicyclic amines) is 1. The number of rotatable bonds is 3. The van der Waals surface area contributed by atoms with Crippen molar-refractivity contribution in [3.63, 3.8) is 0 Å². The van der Waals surface area contributed by atoms with Gasteiger partial charge in [-0.3, -0.25) is 0 Å². The largest absolute Gasteiger partial charge is 0.457 e. The molecule has 0 radical (unpaired) electrons. The lowest BCUT2D eigenvalue weighted by Gasteiger charge is -2.13. The van der Waals surface area contributed by atoms with E-state index in [2.05, 4.69) is 9.88 Å². The first kappa shape index (κ1) is 14.3. The van der Waals surface area contributed by atoms with Crippen LogP contribution in [0.1, 0.15) is 42.2 Å². The van der Waals surface area contributed by atoms with Crippen LogP contribution in [0.15, 0.2) is 12.1 Å². The van der Waals surface area contributed by atoms with E-state index in [9.17, 15) is 4.79 Å². The Hall–Kier alpha value is -1.13. The monoisotopic (exact) mass is 282 g/mol. The first-order valence-corrected chi connectivity index (χ1v) is 6.90. The van der Waals surface area contributed by atoms with Gasteiger partial charge in [0.25, 0.3) is 0 Å². The minimum atomic E-state index is -0.313. The highest BCUT2D eigenvalue weighted by Crippen LogP contribution is 2.20. The topological polar surface area (TPSA) is 42.4 Å². The highest BCUT2D eigenvalue weighted by Gasteiger charge is 2.24. The van der Waals surface area contributed by atoms with Gasteiger partial charge in [0, 0.05) is 18.8 Å². The van der Waals surface area contributed by atoms with Gasteiger partial charge in [0.05, 0.1) is 5.56 Å². The van der Waals surface area contributed by atoms with Crippen molar-refractivity contribution in [3.05, 3.63) is 28.5 Å². The number of esters is 1. The number of nitrogens with zero attached hydrogens (tertiary/aromatic N) is 2. The zero-order chi connectivity index (χ0) is 14.0. The summed E-state index contributed by atoms with van der Waals surface area (Å²) in [7, 11) is 2.02. The number of carbonyl (C=O) groups is 1. The maximum absolute atomic E-state index is 12.1. The highest BCUT2D eigenvalue weighted by molar-refractivity contribution is 6.29. The number of likely N-dealkylation sites (N-methyl/N-ethyl adjacent to an activating group) is 1. The molecule has 1 aliphatic heterocycles. The minimum absolute atomic E-state index is 0.0214. The van der Waals surface area contributed by atoms with Crippen LogP contribution in [0.3, 0.4) is 0 Å². The molecule has 2 heterocycles. The van der Waals surface area contributed by atoms with E-state index >= 15 is 0 Å². The van der Waals surface area contributed by atoms with Crippen molar-refractivity contribution in [2.75, 3.05) is 20.1 Å². The maximum Gasteiger partial charge on any atom is 0.338 e. The number of aromatic nitrogens is 1. The Morgan fingerprint density at radius 1 is 1.53 bits per heavy atom. The molecule has 1 fully saturated rings. The van der Waals surface area contributed by atoms with Gasteiger partial charge in [0.1, 0.15) is 11.3 Å². The average Bonchev–Trinajstić information content (AvgIpc) is 2.73. The zero-order valence-corrected chi connectivity index (χ0v) is 12.3. The van der Waals surface area contributed by atoms with Crippen molar-refractivity contribution in [2.24, 2.45) is 0 Å². The Bertz CT molecular complexity index is 477. The van der Waals surface area contributed by atoms with Crippen molar-refractivity contribution < 1.29 is 9.53 Å². The van der Waals surface area contributed by atoms with Gasteiger partial charge in [-0.1, -0.05) is 25.4 Å². The summed E-state index contributed by atoms with van der Waals surface area (Å²) in [5.74, 6) is -0.0886. The molecule has 104 valence electrons. The molecule has 0 N–H and O–H groups in total. The van der Waals surface area contributed by atoms with Gasteiger partial charge < -0.3 is 9.64 Å². The first-order chi connectivity index (χ1) is 8.95. The van der Waals surface area contributed by atoms with E-state index < -0.39 is 0 Å². The Morgan fingerprint density at radius 2 is 2.26 bits per heavy atom. The first-order valence-electron chi connectivity index (χ1n) is 6.52. The Morgan fingerprint density at radius 3 is 2.84 bits per heavy atom. The van der Waals surface area contributed by atoms with Crippen molar-refractivity contribution in [2.45, 2.75) is 32.3 Å². The molecule has 0 saturated carbocycles. The number of hydrogen-bond acceptors (Lipinski definition) is 4. The molecular formula is C14H19ClN2O2. The smallest absolute Gasteiger partial charge is 0.338 e. The summed E-state index contributed by atoms with van der Waals surface area (Å²) >= 11 is 5.95. The summed E-state index contributed by atoms with van der Waals surface area (Å²) in [5.41, 5.74) is 1.29. The van der Waals surface area contributed by atoms with Crippen LogP contribution in [0, 0.1) is 0 Å². The molecule has 0 aliphatic carbocycles. The van der Waals surface area contributed by atoms with Crippen LogP contribution < -0.4 is 0 Å². The van der Waals surface area contributed by atoms with E-state index in [0.29, 0.717) is 10.7 Å². The quantitative estimate of drug-likeness (QED) is 0.631. The lowest BCUT2D eigenvalue weighted by Crippen LogP contribution is -2.22. The lowest BCUT2D eigenvalue weighted by atomic mass is 10.1. The molecule has 5 heteroatoms. The molecular weight excluding hydrogens is 264 g/mol. The van der Waals surface area contributed by atoms with Gasteiger partial charge in [-0.15, -0.1) is 0 Å². The van der Waals surface area contributed by atoms with E-state index in [0.717, 1.165) is 25.2 Å². The molecule has 1 aromatic rings. The molecule has 4 nitrogen and oxygen atoms in total. The second-order valence-corrected chi connectivity index (χ2v) is 5.72. The van der Waals surface area contributed by atoms with Crippen LogP contribution in [0.25, 0.3) is 0 Å². The van der Waals surface area contributed by atoms with E-state index in [1.54, 1.807) is 12.1 Å². The van der Waals surface area contributed by atoms with E-state index in [1.807, 2.05) is 20.9 Å². The molecule has 1 saturated heterocycles. The molecule has 1 unspecified atom stereocenters. The van der Waals surface area contributed by atoms with Crippen LogP contribution in [0.4, 0.5) is 0 Å². The van der Waals surface area contributed by atoms with Gasteiger partial charge >= 0.3 is 5.97 Å². The molecule has 0 spiro atoms. The van der Waals surface area contributed by atoms with E-state index in [-0.39, 0.29) is 18.0 Å². The van der Waals surface area contributed by atoms with Gasteiger partial charge in [-0.25, -0.2) is 9.78 Å². The van der Waals surface area contributed by atoms with Gasteiger partial charge in [-0.05, 0) is 31.5 Å². The lowest BCUT2D eigenvalue weighted by molar-refractivity contribution is 0.0327. The van der Waals surface area contributed by atoms with E-state index in [1.165, 1.54) is 0 Å². The fraction of sp³-hybridized carbons (Fsp3) is 0.571. The standard InChI is InChI=1S/C14H19ClN2O2/c1-9(2)12-6-10(7-13(15)16-12)14(18)19-11-4-5-17(3)8-11/h6-7,9,11H,4-5,8H2,1-3H3. The Kier molecular flexibility index (Phi) is 4.42. The van der Waals surface area contributed by atoms with Crippen LogP contribution in [0.2, 0.25) is 5.15 Å². The molecule has 19 heavy (non-hydrogen) atoms. The van der Waals surface area contributed by atoms with Crippen LogP contribution in [0.5, 0.6) is 0 Å². The molecule has 1 atom stereocenters. The summed E-state index contributed by atoms with van der Waals surface area (Å²) in [6.45, 7) is 5.79. The number of carbonyl (C=O) groups excluding carboxylic acids is 1. The van der Waals surface area contributed by atoms with Crippen molar-refractivity contribution in [3.8, 4) is 0 Å². The maximum atomic E-state index is 12.1. The molecule has 0 amide bonds. The molecule has 1 aliphatic rings. The SMILES string of the molecule is CC(C)c1cc(C(=O)OC2CCN(C)C2)cc(Cl)n1. The third-order valence-electron chi connectivity index (χ3n) is 3.26. The molecule has 0 aromatic carbocycles. The predicted octanol–water partition coefficient (Wildman–Crippen LogP) is 2.72.